The Balaban J connectivity index is 2.75. The predicted molar refractivity (Wildman–Crippen MR) is 60.5 cm³/mol. The zero-order valence-electron chi connectivity index (χ0n) is 8.07. The summed E-state index contributed by atoms with van der Waals surface area (Å²) in [6.07, 6.45) is 0. The topological polar surface area (TPSA) is 103 Å². The SMILES string of the molecule is N#C/C(=N\Nc1ccc(Cl)cc1)C(=O)NN. The zero-order valence-corrected chi connectivity index (χ0v) is 8.82. The molecule has 0 heterocycles. The van der Waals surface area contributed by atoms with Crippen LogP contribution in [0.25, 0.3) is 0 Å². The van der Waals surface area contributed by atoms with E-state index in [4.69, 9.17) is 22.7 Å². The molecule has 0 aliphatic heterocycles. The number of halogens is 1. The number of nitrogens with zero attached hydrogens (tertiary/aromatic N) is 2. The zero-order chi connectivity index (χ0) is 12.0. The van der Waals surface area contributed by atoms with Crippen molar-refractivity contribution < 1.29 is 4.79 Å². The van der Waals surface area contributed by atoms with E-state index < -0.39 is 5.91 Å². The van der Waals surface area contributed by atoms with Crippen molar-refractivity contribution in [1.29, 1.82) is 5.26 Å². The molecule has 1 amide bonds. The van der Waals surface area contributed by atoms with Crippen LogP contribution in [-0.4, -0.2) is 11.6 Å². The molecule has 0 unspecified atom stereocenters. The van der Waals surface area contributed by atoms with Gasteiger partial charge in [-0.05, 0) is 24.3 Å². The van der Waals surface area contributed by atoms with Crippen LogP contribution in [0.15, 0.2) is 29.4 Å². The number of nitriles is 1. The third kappa shape index (κ3) is 3.24. The largest absolute Gasteiger partial charge is 0.296 e. The summed E-state index contributed by atoms with van der Waals surface area (Å²) in [6.45, 7) is 0. The first-order chi connectivity index (χ1) is 7.67. The molecule has 0 fully saturated rings. The van der Waals surface area contributed by atoms with Gasteiger partial charge in [-0.15, -0.1) is 0 Å². The number of nitrogens with two attached hydrogens (primary N) is 1. The molecule has 0 atom stereocenters. The van der Waals surface area contributed by atoms with Crippen LogP contribution in [0.2, 0.25) is 5.02 Å². The van der Waals surface area contributed by atoms with Crippen LogP contribution < -0.4 is 16.7 Å². The van der Waals surface area contributed by atoms with Gasteiger partial charge in [0.1, 0.15) is 6.07 Å². The fourth-order valence-electron chi connectivity index (χ4n) is 0.840. The maximum Gasteiger partial charge on any atom is 0.296 e. The summed E-state index contributed by atoms with van der Waals surface area (Å²) >= 11 is 5.68. The lowest BCUT2D eigenvalue weighted by Gasteiger charge is -2.00. The molecule has 0 radical (unpaired) electrons. The lowest BCUT2D eigenvalue weighted by Crippen LogP contribution is -2.36. The molecule has 6 nitrogen and oxygen atoms in total. The number of rotatable bonds is 3. The number of carbonyl (C=O) groups excluding carboxylic acids is 1. The highest BCUT2D eigenvalue weighted by atomic mass is 35.5. The van der Waals surface area contributed by atoms with Gasteiger partial charge in [-0.3, -0.25) is 15.6 Å². The lowest BCUT2D eigenvalue weighted by molar-refractivity contribution is -0.114. The van der Waals surface area contributed by atoms with Gasteiger partial charge in [-0.2, -0.15) is 10.4 Å². The molecular formula is C9H8ClN5O. The summed E-state index contributed by atoms with van der Waals surface area (Å²) in [4.78, 5) is 11.0. The number of anilines is 1. The number of hydrazine groups is 1. The number of hydrogen-bond acceptors (Lipinski definition) is 5. The van der Waals surface area contributed by atoms with Gasteiger partial charge in [0.05, 0.1) is 5.69 Å². The van der Waals surface area contributed by atoms with Crippen molar-refractivity contribution in [2.24, 2.45) is 10.9 Å². The Hall–Kier alpha value is -2.10. The summed E-state index contributed by atoms with van der Waals surface area (Å²) in [5.74, 6) is 4.10. The Morgan fingerprint density at radius 3 is 2.56 bits per heavy atom. The van der Waals surface area contributed by atoms with E-state index in [0.29, 0.717) is 10.7 Å². The maximum atomic E-state index is 11.0. The van der Waals surface area contributed by atoms with Crippen LogP contribution in [0.4, 0.5) is 5.69 Å². The fraction of sp³-hybridized carbons (Fsp3) is 0. The van der Waals surface area contributed by atoms with Gasteiger partial charge in [0.25, 0.3) is 5.91 Å². The van der Waals surface area contributed by atoms with Crippen molar-refractivity contribution in [2.75, 3.05) is 5.43 Å². The van der Waals surface area contributed by atoms with Gasteiger partial charge in [-0.25, -0.2) is 5.84 Å². The second kappa shape index (κ2) is 5.70. The lowest BCUT2D eigenvalue weighted by atomic mass is 10.3. The summed E-state index contributed by atoms with van der Waals surface area (Å²) in [6, 6.07) is 8.21. The Bertz CT molecular complexity index is 448. The van der Waals surface area contributed by atoms with Crippen molar-refractivity contribution in [3.63, 3.8) is 0 Å². The summed E-state index contributed by atoms with van der Waals surface area (Å²) in [7, 11) is 0. The first kappa shape index (κ1) is 12.0. The maximum absolute atomic E-state index is 11.0. The van der Waals surface area contributed by atoms with Gasteiger partial charge >= 0.3 is 0 Å². The van der Waals surface area contributed by atoms with E-state index in [1.54, 1.807) is 30.3 Å². The van der Waals surface area contributed by atoms with E-state index in [2.05, 4.69) is 10.5 Å². The second-order valence-electron chi connectivity index (χ2n) is 2.66. The van der Waals surface area contributed by atoms with E-state index in [9.17, 15) is 4.79 Å². The molecule has 82 valence electrons. The van der Waals surface area contributed by atoms with Crippen molar-refractivity contribution in [3.8, 4) is 6.07 Å². The van der Waals surface area contributed by atoms with Crippen LogP contribution in [0.1, 0.15) is 0 Å². The monoisotopic (exact) mass is 237 g/mol. The standard InChI is InChI=1S/C9H8ClN5O/c10-6-1-3-7(4-2-6)14-15-8(5-11)9(16)13-12/h1-4,14H,12H2,(H,13,16)/b15-8+. The van der Waals surface area contributed by atoms with E-state index >= 15 is 0 Å². The van der Waals surface area contributed by atoms with Crippen LogP contribution in [0.5, 0.6) is 0 Å². The minimum atomic E-state index is -0.760. The highest BCUT2D eigenvalue weighted by Crippen LogP contribution is 2.13. The molecule has 4 N–H and O–H groups in total. The second-order valence-corrected chi connectivity index (χ2v) is 3.10. The van der Waals surface area contributed by atoms with E-state index in [-0.39, 0.29) is 5.71 Å². The average Bonchev–Trinajstić information content (AvgIpc) is 2.31. The van der Waals surface area contributed by atoms with Gasteiger partial charge in [0.15, 0.2) is 0 Å². The molecule has 1 rings (SSSR count). The third-order valence-electron chi connectivity index (χ3n) is 1.59. The van der Waals surface area contributed by atoms with Gasteiger partial charge in [-0.1, -0.05) is 11.6 Å². The quantitative estimate of drug-likeness (QED) is 0.310. The van der Waals surface area contributed by atoms with E-state index in [1.165, 1.54) is 0 Å². The molecular weight excluding hydrogens is 230 g/mol. The molecule has 0 bridgehead atoms. The van der Waals surface area contributed by atoms with Crippen molar-refractivity contribution in [1.82, 2.24) is 5.43 Å². The first-order valence-electron chi connectivity index (χ1n) is 4.17. The van der Waals surface area contributed by atoms with E-state index in [0.717, 1.165) is 0 Å². The van der Waals surface area contributed by atoms with Crippen LogP contribution in [0, 0.1) is 11.3 Å². The highest BCUT2D eigenvalue weighted by molar-refractivity contribution is 6.45. The Labute approximate surface area is 96.7 Å². The summed E-state index contributed by atoms with van der Waals surface area (Å²) < 4.78 is 0. The smallest absolute Gasteiger partial charge is 0.288 e. The number of nitrogens with one attached hydrogen (secondary N) is 2. The normalized spacial score (nSPS) is 10.4. The molecule has 0 saturated carbocycles. The molecule has 1 aromatic carbocycles. The van der Waals surface area contributed by atoms with Crippen molar-refractivity contribution in [2.45, 2.75) is 0 Å². The van der Waals surface area contributed by atoms with Crippen LogP contribution in [-0.2, 0) is 4.79 Å². The summed E-state index contributed by atoms with van der Waals surface area (Å²) in [5, 5.41) is 12.8. The molecule has 1 aromatic rings. The molecule has 0 saturated heterocycles. The number of carbonyl (C=O) groups is 1. The molecule has 0 spiro atoms. The Kier molecular flexibility index (Phi) is 4.27. The molecule has 0 aliphatic rings. The Morgan fingerprint density at radius 2 is 2.06 bits per heavy atom. The van der Waals surface area contributed by atoms with Gasteiger partial charge in [0.2, 0.25) is 5.71 Å². The van der Waals surface area contributed by atoms with Crippen LogP contribution >= 0.6 is 11.6 Å². The molecule has 0 aromatic heterocycles. The van der Waals surface area contributed by atoms with Crippen molar-refractivity contribution >= 4 is 28.9 Å². The Morgan fingerprint density at radius 1 is 1.44 bits per heavy atom. The van der Waals surface area contributed by atoms with Crippen molar-refractivity contribution in [3.05, 3.63) is 29.3 Å². The predicted octanol–water partition coefficient (Wildman–Crippen LogP) is 0.621. The number of hydrazone groups is 1. The average molecular weight is 238 g/mol. The fourth-order valence-corrected chi connectivity index (χ4v) is 0.966. The highest BCUT2D eigenvalue weighted by Gasteiger charge is 2.07. The third-order valence-corrected chi connectivity index (χ3v) is 1.85. The van der Waals surface area contributed by atoms with Gasteiger partial charge in [0, 0.05) is 5.02 Å². The number of hydrogen-bond donors (Lipinski definition) is 3. The van der Waals surface area contributed by atoms with Gasteiger partial charge < -0.3 is 0 Å². The van der Waals surface area contributed by atoms with Crippen LogP contribution in [0.3, 0.4) is 0 Å². The minimum absolute atomic E-state index is 0.363. The minimum Gasteiger partial charge on any atom is -0.288 e. The molecule has 7 heteroatoms. The molecule has 0 aliphatic carbocycles. The number of amides is 1. The summed E-state index contributed by atoms with van der Waals surface area (Å²) in [5.41, 5.74) is 4.57. The van der Waals surface area contributed by atoms with E-state index in [1.807, 2.05) is 5.43 Å². The number of benzene rings is 1. The first-order valence-corrected chi connectivity index (χ1v) is 4.55. The molecule has 16 heavy (non-hydrogen) atoms.